The fourth-order valence-corrected chi connectivity index (χ4v) is 2.13. The first-order chi connectivity index (χ1) is 8.79. The number of nitrogens with zero attached hydrogens (tertiary/aromatic N) is 1. The zero-order valence-electron chi connectivity index (χ0n) is 9.84. The van der Waals surface area contributed by atoms with E-state index in [2.05, 4.69) is 20.9 Å². The van der Waals surface area contributed by atoms with Gasteiger partial charge in [0, 0.05) is 18.8 Å². The summed E-state index contributed by atoms with van der Waals surface area (Å²) in [6, 6.07) is 9.54. The van der Waals surface area contributed by atoms with Gasteiger partial charge in [-0.05, 0) is 51.3 Å². The summed E-state index contributed by atoms with van der Waals surface area (Å²) in [6.07, 6.45) is 4.40. The van der Waals surface area contributed by atoms with E-state index >= 15 is 0 Å². The Hall–Kier alpha value is -1.39. The Kier molecular flexibility index (Phi) is 4.73. The van der Waals surface area contributed by atoms with E-state index in [1.54, 1.807) is 12.4 Å². The van der Waals surface area contributed by atoms with Crippen LogP contribution >= 0.6 is 15.9 Å². The number of pyridine rings is 1. The molecule has 0 saturated carbocycles. The zero-order chi connectivity index (χ0) is 12.8. The summed E-state index contributed by atoms with van der Waals surface area (Å²) >= 11 is 3.43. The van der Waals surface area contributed by atoms with Gasteiger partial charge in [-0.2, -0.15) is 0 Å². The number of ether oxygens (including phenoxy) is 1. The Morgan fingerprint density at radius 2 is 1.89 bits per heavy atom. The minimum atomic E-state index is 0.0376. The molecule has 0 aliphatic heterocycles. The number of aliphatic hydroxyl groups is 1. The molecule has 1 N–H and O–H groups in total. The molecule has 2 aromatic rings. The van der Waals surface area contributed by atoms with Crippen LogP contribution in [-0.4, -0.2) is 16.7 Å². The molecule has 18 heavy (non-hydrogen) atoms. The fourth-order valence-electron chi connectivity index (χ4n) is 1.59. The van der Waals surface area contributed by atoms with E-state index in [1.807, 2.05) is 30.3 Å². The second-order valence-corrected chi connectivity index (χ2v) is 4.73. The van der Waals surface area contributed by atoms with E-state index in [0.29, 0.717) is 6.61 Å². The Labute approximate surface area is 115 Å². The maximum absolute atomic E-state index is 9.01. The van der Waals surface area contributed by atoms with Gasteiger partial charge in [0.1, 0.15) is 5.75 Å². The van der Waals surface area contributed by atoms with Crippen LogP contribution in [0.4, 0.5) is 0 Å². The number of rotatable bonds is 5. The molecule has 0 fully saturated rings. The van der Waals surface area contributed by atoms with Crippen molar-refractivity contribution in [2.75, 3.05) is 6.61 Å². The fraction of sp³-hybridized carbons (Fsp3) is 0.214. The largest absolute Gasteiger partial charge is 0.492 e. The average molecular weight is 308 g/mol. The van der Waals surface area contributed by atoms with Gasteiger partial charge in [0.05, 0.1) is 17.7 Å². The van der Waals surface area contributed by atoms with E-state index in [9.17, 15) is 0 Å². The molecule has 4 heteroatoms. The molecule has 1 aromatic heterocycles. The molecule has 0 radical (unpaired) electrons. The summed E-state index contributed by atoms with van der Waals surface area (Å²) in [4.78, 5) is 3.97. The highest BCUT2D eigenvalue weighted by atomic mass is 79.9. The Morgan fingerprint density at radius 3 is 2.56 bits per heavy atom. The van der Waals surface area contributed by atoms with Crippen molar-refractivity contribution in [2.24, 2.45) is 0 Å². The molecular formula is C14H14BrNO2. The van der Waals surface area contributed by atoms with Crippen LogP contribution in [0.3, 0.4) is 0 Å². The lowest BCUT2D eigenvalue weighted by Crippen LogP contribution is -2.02. The van der Waals surface area contributed by atoms with Crippen LogP contribution in [-0.2, 0) is 13.0 Å². The minimum Gasteiger partial charge on any atom is -0.492 e. The molecule has 3 nitrogen and oxygen atoms in total. The third kappa shape index (κ3) is 3.55. The summed E-state index contributed by atoms with van der Waals surface area (Å²) in [5.74, 6) is 0.793. The average Bonchev–Trinajstić information content (AvgIpc) is 2.42. The van der Waals surface area contributed by atoms with Crippen LogP contribution in [0.25, 0.3) is 0 Å². The van der Waals surface area contributed by atoms with Gasteiger partial charge in [-0.1, -0.05) is 6.07 Å². The summed E-state index contributed by atoms with van der Waals surface area (Å²) in [6.45, 7) is 0.650. The van der Waals surface area contributed by atoms with Gasteiger partial charge in [0.15, 0.2) is 0 Å². The topological polar surface area (TPSA) is 42.4 Å². The van der Waals surface area contributed by atoms with E-state index in [1.165, 1.54) is 5.56 Å². The molecule has 94 valence electrons. The quantitative estimate of drug-likeness (QED) is 0.923. The molecular weight excluding hydrogens is 294 g/mol. The molecule has 1 aromatic carbocycles. The summed E-state index contributed by atoms with van der Waals surface area (Å²) in [5, 5.41) is 9.01. The predicted octanol–water partition coefficient (Wildman–Crippen LogP) is 2.96. The normalized spacial score (nSPS) is 10.3. The lowest BCUT2D eigenvalue weighted by atomic mass is 10.2. The molecule has 0 aliphatic carbocycles. The molecule has 1 heterocycles. The molecule has 0 atom stereocenters. The number of hydrogen-bond donors (Lipinski definition) is 1. The van der Waals surface area contributed by atoms with Crippen LogP contribution in [0.15, 0.2) is 47.2 Å². The van der Waals surface area contributed by atoms with E-state index < -0.39 is 0 Å². The molecule has 0 amide bonds. The molecule has 0 spiro atoms. The van der Waals surface area contributed by atoms with Crippen molar-refractivity contribution >= 4 is 15.9 Å². The van der Waals surface area contributed by atoms with Crippen LogP contribution in [0.1, 0.15) is 11.1 Å². The smallest absolute Gasteiger partial charge is 0.133 e. The van der Waals surface area contributed by atoms with Crippen LogP contribution in [0.5, 0.6) is 5.75 Å². The number of aliphatic hydroxyl groups excluding tert-OH is 1. The molecule has 2 rings (SSSR count). The predicted molar refractivity (Wildman–Crippen MR) is 73.5 cm³/mol. The Morgan fingerprint density at radius 1 is 1.11 bits per heavy atom. The van der Waals surface area contributed by atoms with Crippen molar-refractivity contribution < 1.29 is 9.84 Å². The lowest BCUT2D eigenvalue weighted by Gasteiger charge is -2.09. The summed E-state index contributed by atoms with van der Waals surface area (Å²) < 4.78 is 6.56. The SMILES string of the molecule is OCc1ccc(OCCc2ccncc2)c(Br)c1. The van der Waals surface area contributed by atoms with Gasteiger partial charge in [0.25, 0.3) is 0 Å². The number of halogens is 1. The monoisotopic (exact) mass is 307 g/mol. The standard InChI is InChI=1S/C14H14BrNO2/c15-13-9-12(10-17)1-2-14(13)18-8-5-11-3-6-16-7-4-11/h1-4,6-7,9,17H,5,8,10H2. The van der Waals surface area contributed by atoms with Crippen molar-refractivity contribution in [1.29, 1.82) is 0 Å². The minimum absolute atomic E-state index is 0.0376. The van der Waals surface area contributed by atoms with Crippen molar-refractivity contribution in [3.8, 4) is 5.75 Å². The Balaban J connectivity index is 1.91. The van der Waals surface area contributed by atoms with Gasteiger partial charge < -0.3 is 9.84 Å². The molecule has 0 aliphatic rings. The number of aromatic nitrogens is 1. The van der Waals surface area contributed by atoms with Gasteiger partial charge in [-0.3, -0.25) is 4.98 Å². The highest BCUT2D eigenvalue weighted by Gasteiger charge is 2.02. The number of hydrogen-bond acceptors (Lipinski definition) is 3. The number of benzene rings is 1. The van der Waals surface area contributed by atoms with Crippen LogP contribution < -0.4 is 4.74 Å². The second-order valence-electron chi connectivity index (χ2n) is 3.88. The van der Waals surface area contributed by atoms with Gasteiger partial charge in [0.2, 0.25) is 0 Å². The van der Waals surface area contributed by atoms with Crippen molar-refractivity contribution in [1.82, 2.24) is 4.98 Å². The zero-order valence-corrected chi connectivity index (χ0v) is 11.4. The maximum atomic E-state index is 9.01. The highest BCUT2D eigenvalue weighted by molar-refractivity contribution is 9.10. The molecule has 0 saturated heterocycles. The van der Waals surface area contributed by atoms with Gasteiger partial charge in [-0.25, -0.2) is 0 Å². The lowest BCUT2D eigenvalue weighted by molar-refractivity contribution is 0.281. The highest BCUT2D eigenvalue weighted by Crippen LogP contribution is 2.26. The summed E-state index contributed by atoms with van der Waals surface area (Å²) in [7, 11) is 0. The molecule has 0 unspecified atom stereocenters. The first-order valence-corrected chi connectivity index (χ1v) is 6.50. The van der Waals surface area contributed by atoms with Crippen molar-refractivity contribution in [3.05, 3.63) is 58.3 Å². The van der Waals surface area contributed by atoms with Crippen LogP contribution in [0, 0.1) is 0 Å². The first-order valence-electron chi connectivity index (χ1n) is 5.70. The second kappa shape index (κ2) is 6.52. The van der Waals surface area contributed by atoms with Gasteiger partial charge >= 0.3 is 0 Å². The van der Waals surface area contributed by atoms with E-state index in [4.69, 9.17) is 9.84 Å². The van der Waals surface area contributed by atoms with Crippen molar-refractivity contribution in [3.63, 3.8) is 0 Å². The van der Waals surface area contributed by atoms with E-state index in [0.717, 1.165) is 22.2 Å². The third-order valence-corrected chi connectivity index (χ3v) is 3.20. The van der Waals surface area contributed by atoms with Crippen LogP contribution in [0.2, 0.25) is 0 Å². The maximum Gasteiger partial charge on any atom is 0.133 e. The molecule has 0 bridgehead atoms. The van der Waals surface area contributed by atoms with Crippen molar-refractivity contribution in [2.45, 2.75) is 13.0 Å². The van der Waals surface area contributed by atoms with Gasteiger partial charge in [-0.15, -0.1) is 0 Å². The summed E-state index contributed by atoms with van der Waals surface area (Å²) in [5.41, 5.74) is 2.07. The third-order valence-electron chi connectivity index (χ3n) is 2.58. The Bertz CT molecular complexity index is 502. The first kappa shape index (κ1) is 13.1. The van der Waals surface area contributed by atoms with E-state index in [-0.39, 0.29) is 6.61 Å².